The minimum absolute atomic E-state index is 0.374. The lowest BCUT2D eigenvalue weighted by Gasteiger charge is -2.10. The number of carbonyl (C=O) groups excluding carboxylic acids is 1. The average molecular weight is 239 g/mol. The summed E-state index contributed by atoms with van der Waals surface area (Å²) in [7, 11) is 2.95. The predicted molar refractivity (Wildman–Crippen MR) is 64.2 cm³/mol. The maximum absolute atomic E-state index is 11.5. The minimum Gasteiger partial charge on any atom is -0.493 e. The third kappa shape index (κ3) is 3.96. The molecule has 94 valence electrons. The fraction of sp³-hybridized carbons (Fsp3) is 0.417. The zero-order valence-electron chi connectivity index (χ0n) is 10.1. The Hall–Kier alpha value is -1.75. The van der Waals surface area contributed by atoms with Crippen molar-refractivity contribution in [3.05, 3.63) is 23.8 Å². The lowest BCUT2D eigenvalue weighted by atomic mass is 10.2. The number of ether oxygens (including phenoxy) is 3. The second-order valence-electron chi connectivity index (χ2n) is 3.44. The topological polar surface area (TPSA) is 70.8 Å². The molecule has 0 radical (unpaired) electrons. The second kappa shape index (κ2) is 6.75. The van der Waals surface area contributed by atoms with Crippen LogP contribution in [-0.4, -0.2) is 33.4 Å². The van der Waals surface area contributed by atoms with E-state index in [1.807, 2.05) is 0 Å². The van der Waals surface area contributed by atoms with Crippen LogP contribution in [0.25, 0.3) is 0 Å². The van der Waals surface area contributed by atoms with Gasteiger partial charge in [0.25, 0.3) is 0 Å². The van der Waals surface area contributed by atoms with E-state index in [1.54, 1.807) is 25.3 Å². The van der Waals surface area contributed by atoms with Crippen molar-refractivity contribution < 1.29 is 19.0 Å². The molecule has 0 heterocycles. The minimum atomic E-state index is -0.438. The average Bonchev–Trinajstić information content (AvgIpc) is 2.34. The summed E-state index contributed by atoms with van der Waals surface area (Å²) >= 11 is 0. The first-order valence-corrected chi connectivity index (χ1v) is 5.28. The number of benzene rings is 1. The number of esters is 1. The third-order valence-electron chi connectivity index (χ3n) is 2.16. The molecular formula is C12H17NO4. The highest BCUT2D eigenvalue weighted by atomic mass is 16.5. The molecular weight excluding hydrogens is 222 g/mol. The van der Waals surface area contributed by atoms with Gasteiger partial charge in [0.05, 0.1) is 13.7 Å². The van der Waals surface area contributed by atoms with Crippen molar-refractivity contribution in [1.82, 2.24) is 0 Å². The van der Waals surface area contributed by atoms with E-state index >= 15 is 0 Å². The molecule has 0 unspecified atom stereocenters. The van der Waals surface area contributed by atoms with Crippen molar-refractivity contribution in [3.8, 4) is 5.75 Å². The molecule has 0 aliphatic carbocycles. The largest absolute Gasteiger partial charge is 0.493 e. The van der Waals surface area contributed by atoms with Crippen molar-refractivity contribution in [2.75, 3.05) is 33.2 Å². The van der Waals surface area contributed by atoms with Crippen LogP contribution in [0.2, 0.25) is 0 Å². The van der Waals surface area contributed by atoms with Gasteiger partial charge >= 0.3 is 5.97 Å². The van der Waals surface area contributed by atoms with Gasteiger partial charge in [-0.25, -0.2) is 4.79 Å². The van der Waals surface area contributed by atoms with Gasteiger partial charge < -0.3 is 19.9 Å². The summed E-state index contributed by atoms with van der Waals surface area (Å²) in [5.41, 5.74) is 6.56. The molecule has 0 bridgehead atoms. The Balaban J connectivity index is 2.73. The Morgan fingerprint density at radius 2 is 2.06 bits per heavy atom. The lowest BCUT2D eigenvalue weighted by molar-refractivity contribution is 0.0595. The van der Waals surface area contributed by atoms with E-state index in [4.69, 9.17) is 15.2 Å². The molecule has 2 N–H and O–H groups in total. The number of nitrogen functional groups attached to an aromatic ring is 1. The zero-order valence-corrected chi connectivity index (χ0v) is 10.1. The molecule has 17 heavy (non-hydrogen) atoms. The summed E-state index contributed by atoms with van der Waals surface area (Å²) in [4.78, 5) is 11.5. The van der Waals surface area contributed by atoms with E-state index < -0.39 is 5.97 Å². The van der Waals surface area contributed by atoms with Crippen LogP contribution in [0.1, 0.15) is 16.8 Å². The molecule has 0 saturated carbocycles. The van der Waals surface area contributed by atoms with E-state index in [0.29, 0.717) is 30.2 Å². The Labute approximate surface area is 100 Å². The van der Waals surface area contributed by atoms with Crippen molar-refractivity contribution in [2.45, 2.75) is 6.42 Å². The highest BCUT2D eigenvalue weighted by Gasteiger charge is 2.13. The number of carbonyl (C=O) groups is 1. The molecule has 0 fully saturated rings. The van der Waals surface area contributed by atoms with E-state index in [1.165, 1.54) is 7.11 Å². The van der Waals surface area contributed by atoms with Crippen LogP contribution in [0.4, 0.5) is 5.69 Å². The van der Waals surface area contributed by atoms with Crippen molar-refractivity contribution in [3.63, 3.8) is 0 Å². The summed E-state index contributed by atoms with van der Waals surface area (Å²) < 4.78 is 15.0. The Bertz CT molecular complexity index is 379. The Morgan fingerprint density at radius 1 is 1.29 bits per heavy atom. The van der Waals surface area contributed by atoms with Gasteiger partial charge in [0.2, 0.25) is 0 Å². The predicted octanol–water partition coefficient (Wildman–Crippen LogP) is 1.47. The summed E-state index contributed by atoms with van der Waals surface area (Å²) in [5, 5.41) is 0. The van der Waals surface area contributed by atoms with E-state index in [2.05, 4.69) is 4.74 Å². The first-order chi connectivity index (χ1) is 8.19. The van der Waals surface area contributed by atoms with Gasteiger partial charge in [-0.15, -0.1) is 0 Å². The van der Waals surface area contributed by atoms with E-state index in [-0.39, 0.29) is 0 Å². The van der Waals surface area contributed by atoms with Gasteiger partial charge in [0, 0.05) is 31.9 Å². The van der Waals surface area contributed by atoms with Crippen LogP contribution in [0.5, 0.6) is 5.75 Å². The lowest BCUT2D eigenvalue weighted by Crippen LogP contribution is -2.08. The summed E-state index contributed by atoms with van der Waals surface area (Å²) in [6.45, 7) is 1.07. The van der Waals surface area contributed by atoms with E-state index in [9.17, 15) is 4.79 Å². The summed E-state index contributed by atoms with van der Waals surface area (Å²) in [6, 6.07) is 4.83. The van der Waals surface area contributed by atoms with E-state index in [0.717, 1.165) is 6.42 Å². The molecule has 0 aliphatic rings. The van der Waals surface area contributed by atoms with Crippen LogP contribution < -0.4 is 10.5 Å². The number of nitrogens with two attached hydrogens (primary N) is 1. The number of hydrogen-bond acceptors (Lipinski definition) is 5. The maximum atomic E-state index is 11.5. The molecule has 0 atom stereocenters. The summed E-state index contributed by atoms with van der Waals surface area (Å²) in [5.74, 6) is -0.000283. The van der Waals surface area contributed by atoms with Crippen LogP contribution in [0.15, 0.2) is 18.2 Å². The maximum Gasteiger partial charge on any atom is 0.341 e. The first-order valence-electron chi connectivity index (χ1n) is 5.28. The smallest absolute Gasteiger partial charge is 0.341 e. The molecule has 0 aliphatic heterocycles. The standard InChI is InChI=1S/C12H17NO4/c1-15-6-3-7-17-11-8-9(13)4-5-10(11)12(14)16-2/h4-5,8H,3,6-7,13H2,1-2H3. The number of rotatable bonds is 6. The van der Waals surface area contributed by atoms with Gasteiger partial charge in [0.15, 0.2) is 0 Å². The quantitative estimate of drug-likeness (QED) is 0.462. The fourth-order valence-corrected chi connectivity index (χ4v) is 1.32. The molecule has 0 spiro atoms. The highest BCUT2D eigenvalue weighted by Crippen LogP contribution is 2.22. The van der Waals surface area contributed by atoms with Crippen molar-refractivity contribution >= 4 is 11.7 Å². The number of hydrogen-bond donors (Lipinski definition) is 1. The molecule has 1 aromatic carbocycles. The molecule has 0 aromatic heterocycles. The zero-order chi connectivity index (χ0) is 12.7. The SMILES string of the molecule is COCCCOc1cc(N)ccc1C(=O)OC. The Morgan fingerprint density at radius 3 is 2.71 bits per heavy atom. The number of methoxy groups -OCH3 is 2. The van der Waals surface area contributed by atoms with Crippen molar-refractivity contribution in [2.24, 2.45) is 0 Å². The second-order valence-corrected chi connectivity index (χ2v) is 3.44. The monoisotopic (exact) mass is 239 g/mol. The molecule has 1 rings (SSSR count). The summed E-state index contributed by atoms with van der Waals surface area (Å²) in [6.07, 6.45) is 0.742. The molecule has 0 saturated heterocycles. The van der Waals surface area contributed by atoms with Gasteiger partial charge in [-0.3, -0.25) is 0 Å². The van der Waals surface area contributed by atoms with Crippen LogP contribution in [-0.2, 0) is 9.47 Å². The fourth-order valence-electron chi connectivity index (χ4n) is 1.32. The molecule has 1 aromatic rings. The molecule has 5 nitrogen and oxygen atoms in total. The van der Waals surface area contributed by atoms with Gasteiger partial charge in [0.1, 0.15) is 11.3 Å². The van der Waals surface area contributed by atoms with Gasteiger partial charge in [-0.1, -0.05) is 0 Å². The molecule has 0 amide bonds. The number of anilines is 1. The first kappa shape index (κ1) is 13.3. The third-order valence-corrected chi connectivity index (χ3v) is 2.16. The molecule has 5 heteroatoms. The Kier molecular flexibility index (Phi) is 5.29. The van der Waals surface area contributed by atoms with Gasteiger partial charge in [-0.2, -0.15) is 0 Å². The van der Waals surface area contributed by atoms with Crippen molar-refractivity contribution in [1.29, 1.82) is 0 Å². The highest BCUT2D eigenvalue weighted by molar-refractivity contribution is 5.93. The van der Waals surface area contributed by atoms with Crippen LogP contribution in [0, 0.1) is 0 Å². The van der Waals surface area contributed by atoms with Crippen LogP contribution in [0.3, 0.4) is 0 Å². The van der Waals surface area contributed by atoms with Crippen LogP contribution >= 0.6 is 0 Å². The van der Waals surface area contributed by atoms with Gasteiger partial charge in [-0.05, 0) is 12.1 Å². The normalized spacial score (nSPS) is 10.0.